The van der Waals surface area contributed by atoms with Crippen molar-refractivity contribution in [3.05, 3.63) is 23.4 Å². The van der Waals surface area contributed by atoms with E-state index >= 15 is 0 Å². The Bertz CT molecular complexity index is 407. The predicted molar refractivity (Wildman–Crippen MR) is 82.8 cm³/mol. The van der Waals surface area contributed by atoms with Gasteiger partial charge < -0.3 is 0 Å². The first-order valence-electron chi connectivity index (χ1n) is 7.53. The molecule has 0 aromatic rings. The quantitative estimate of drug-likeness (QED) is 0.718. The van der Waals surface area contributed by atoms with E-state index in [1.807, 2.05) is 6.92 Å². The highest BCUT2D eigenvalue weighted by atomic mass is 16.7. The van der Waals surface area contributed by atoms with Crippen molar-refractivity contribution in [1.29, 1.82) is 0 Å². The van der Waals surface area contributed by atoms with E-state index in [4.69, 9.17) is 4.84 Å². The summed E-state index contributed by atoms with van der Waals surface area (Å²) < 4.78 is 0. The largest absolute Gasteiger partial charge is 0.274 e. The second-order valence-corrected chi connectivity index (χ2v) is 6.74. The molecule has 0 saturated carbocycles. The molecule has 0 radical (unpaired) electrons. The van der Waals surface area contributed by atoms with Crippen LogP contribution < -0.4 is 0 Å². The van der Waals surface area contributed by atoms with E-state index in [0.717, 1.165) is 30.5 Å². The topological polar surface area (TPSA) is 29.5 Å². The monoisotopic (exact) mass is 279 g/mol. The summed E-state index contributed by atoms with van der Waals surface area (Å²) in [4.78, 5) is 17.3. The molecule has 1 aliphatic heterocycles. The van der Waals surface area contributed by atoms with E-state index in [0.29, 0.717) is 11.3 Å². The number of hydroxylamine groups is 2. The van der Waals surface area contributed by atoms with E-state index < -0.39 is 0 Å². The van der Waals surface area contributed by atoms with Crippen LogP contribution in [0.1, 0.15) is 60.3 Å². The smallest absolute Gasteiger partial charge is 0.269 e. The maximum Gasteiger partial charge on any atom is 0.274 e. The highest BCUT2D eigenvalue weighted by Gasteiger charge is 2.24. The zero-order chi connectivity index (χ0) is 15.3. The van der Waals surface area contributed by atoms with E-state index in [-0.39, 0.29) is 5.91 Å². The van der Waals surface area contributed by atoms with Gasteiger partial charge in [-0.1, -0.05) is 45.8 Å². The molecule has 1 amide bonds. The lowest BCUT2D eigenvalue weighted by Gasteiger charge is -2.29. The van der Waals surface area contributed by atoms with Crippen molar-refractivity contribution in [2.75, 3.05) is 7.11 Å². The third-order valence-corrected chi connectivity index (χ3v) is 4.09. The Morgan fingerprint density at radius 1 is 1.45 bits per heavy atom. The van der Waals surface area contributed by atoms with Crippen molar-refractivity contribution < 1.29 is 9.63 Å². The van der Waals surface area contributed by atoms with Crippen LogP contribution in [0.15, 0.2) is 23.4 Å². The number of nitrogens with zero attached hydrogens (tertiary/aromatic N) is 1. The fraction of sp³-hybridized carbons (Fsp3) is 0.706. The normalized spacial score (nSPS) is 18.5. The molecule has 20 heavy (non-hydrogen) atoms. The fourth-order valence-electron chi connectivity index (χ4n) is 2.72. The zero-order valence-corrected chi connectivity index (χ0v) is 13.8. The second-order valence-electron chi connectivity index (χ2n) is 6.74. The van der Waals surface area contributed by atoms with Gasteiger partial charge in [-0.15, -0.1) is 0 Å². The van der Waals surface area contributed by atoms with E-state index in [2.05, 4.69) is 33.8 Å². The van der Waals surface area contributed by atoms with Crippen molar-refractivity contribution >= 4 is 5.91 Å². The van der Waals surface area contributed by atoms with Gasteiger partial charge in [0.1, 0.15) is 0 Å². The van der Waals surface area contributed by atoms with Crippen LogP contribution in [-0.2, 0) is 9.63 Å². The summed E-state index contributed by atoms with van der Waals surface area (Å²) in [6, 6.07) is 0. The predicted octanol–water partition coefficient (Wildman–Crippen LogP) is 4.46. The van der Waals surface area contributed by atoms with Gasteiger partial charge in [0.25, 0.3) is 5.91 Å². The summed E-state index contributed by atoms with van der Waals surface area (Å²) in [6.07, 6.45) is 7.81. The van der Waals surface area contributed by atoms with Crippen molar-refractivity contribution in [3.8, 4) is 0 Å². The standard InChI is InChI=1S/C17H29NO2/c1-7-17(4,5)12-14(3)10-15-9-8-13(2)11-16(19)18(15)20-6/h9,11,14H,7-8,10,12H2,1-6H3. The highest BCUT2D eigenvalue weighted by molar-refractivity contribution is 5.89. The molecule has 0 spiro atoms. The highest BCUT2D eigenvalue weighted by Crippen LogP contribution is 2.32. The van der Waals surface area contributed by atoms with Crippen molar-refractivity contribution in [1.82, 2.24) is 5.06 Å². The lowest BCUT2D eigenvalue weighted by molar-refractivity contribution is -0.160. The van der Waals surface area contributed by atoms with Crippen LogP contribution in [0.5, 0.6) is 0 Å². The molecule has 3 heteroatoms. The van der Waals surface area contributed by atoms with Gasteiger partial charge in [-0.05, 0) is 37.5 Å². The number of hydrogen-bond acceptors (Lipinski definition) is 2. The Kier molecular flexibility index (Phi) is 6.00. The van der Waals surface area contributed by atoms with Crippen LogP contribution in [0.3, 0.4) is 0 Å². The molecular formula is C17H29NO2. The number of carbonyl (C=O) groups excluding carboxylic acids is 1. The molecule has 1 rings (SSSR count). The molecule has 0 aliphatic carbocycles. The van der Waals surface area contributed by atoms with Gasteiger partial charge in [-0.2, -0.15) is 5.06 Å². The average molecular weight is 279 g/mol. The molecule has 0 aromatic heterocycles. The molecule has 0 aromatic carbocycles. The Labute approximate surface area is 123 Å². The van der Waals surface area contributed by atoms with Crippen molar-refractivity contribution in [3.63, 3.8) is 0 Å². The first kappa shape index (κ1) is 17.0. The van der Waals surface area contributed by atoms with E-state index in [9.17, 15) is 4.79 Å². The minimum absolute atomic E-state index is 0.0734. The summed E-state index contributed by atoms with van der Waals surface area (Å²) in [6.45, 7) is 11.1. The first-order chi connectivity index (χ1) is 9.29. The summed E-state index contributed by atoms with van der Waals surface area (Å²) in [5.74, 6) is 0.454. The SMILES string of the molecule is CCC(C)(C)CC(C)CC1=CCC(C)=CC(=O)N1OC. The molecule has 0 fully saturated rings. The molecule has 1 atom stereocenters. The fourth-order valence-corrected chi connectivity index (χ4v) is 2.72. The molecule has 114 valence electrons. The van der Waals surface area contributed by atoms with Crippen molar-refractivity contribution in [2.45, 2.75) is 60.3 Å². The third kappa shape index (κ3) is 4.78. The molecule has 1 unspecified atom stereocenters. The van der Waals surface area contributed by atoms with Gasteiger partial charge in [0.15, 0.2) is 0 Å². The lowest BCUT2D eigenvalue weighted by Crippen LogP contribution is -2.28. The molecule has 0 bridgehead atoms. The lowest BCUT2D eigenvalue weighted by atomic mass is 9.80. The maximum absolute atomic E-state index is 12.1. The maximum atomic E-state index is 12.1. The molecule has 1 aliphatic rings. The van der Waals surface area contributed by atoms with Crippen LogP contribution in [0, 0.1) is 11.3 Å². The summed E-state index contributed by atoms with van der Waals surface area (Å²) in [7, 11) is 1.56. The Morgan fingerprint density at radius 3 is 2.65 bits per heavy atom. The van der Waals surface area contributed by atoms with E-state index in [1.165, 1.54) is 11.5 Å². The molecule has 0 saturated heterocycles. The van der Waals surface area contributed by atoms with Crippen LogP contribution in [0.4, 0.5) is 0 Å². The molecule has 3 nitrogen and oxygen atoms in total. The van der Waals surface area contributed by atoms with Crippen LogP contribution in [0.2, 0.25) is 0 Å². The number of amides is 1. The minimum Gasteiger partial charge on any atom is -0.269 e. The van der Waals surface area contributed by atoms with Gasteiger partial charge in [0.05, 0.1) is 7.11 Å². The first-order valence-corrected chi connectivity index (χ1v) is 7.53. The average Bonchev–Trinajstić information content (AvgIpc) is 2.47. The van der Waals surface area contributed by atoms with E-state index in [1.54, 1.807) is 13.2 Å². The number of allylic oxidation sites excluding steroid dienone is 3. The summed E-state index contributed by atoms with van der Waals surface area (Å²) in [5, 5.41) is 1.44. The molecule has 0 N–H and O–H groups in total. The van der Waals surface area contributed by atoms with Gasteiger partial charge in [0.2, 0.25) is 0 Å². The van der Waals surface area contributed by atoms with Gasteiger partial charge in [-0.25, -0.2) is 0 Å². The zero-order valence-electron chi connectivity index (χ0n) is 13.8. The van der Waals surface area contributed by atoms with Crippen LogP contribution in [0.25, 0.3) is 0 Å². The van der Waals surface area contributed by atoms with Crippen LogP contribution in [-0.4, -0.2) is 18.1 Å². The Morgan fingerprint density at radius 2 is 2.10 bits per heavy atom. The van der Waals surface area contributed by atoms with Gasteiger partial charge >= 0.3 is 0 Å². The summed E-state index contributed by atoms with van der Waals surface area (Å²) in [5.41, 5.74) is 2.42. The number of hydrogen-bond donors (Lipinski definition) is 0. The Hall–Kier alpha value is -1.09. The summed E-state index contributed by atoms with van der Waals surface area (Å²) >= 11 is 0. The van der Waals surface area contributed by atoms with Crippen molar-refractivity contribution in [2.24, 2.45) is 11.3 Å². The second kappa shape index (κ2) is 7.07. The van der Waals surface area contributed by atoms with Gasteiger partial charge in [0, 0.05) is 11.8 Å². The number of carbonyl (C=O) groups is 1. The molecular weight excluding hydrogens is 250 g/mol. The van der Waals surface area contributed by atoms with Crippen LogP contribution >= 0.6 is 0 Å². The molecule has 1 heterocycles. The minimum atomic E-state index is -0.0734. The van der Waals surface area contributed by atoms with Gasteiger partial charge in [-0.3, -0.25) is 9.63 Å². The number of rotatable bonds is 6. The Balaban J connectivity index is 2.77. The third-order valence-electron chi connectivity index (χ3n) is 4.09.